The first-order valence-electron chi connectivity index (χ1n) is 11.3. The molecule has 2 aliphatic carbocycles. The summed E-state index contributed by atoms with van der Waals surface area (Å²) in [5.74, 6) is 0. The monoisotopic (exact) mass is 390 g/mol. The Morgan fingerprint density at radius 1 is 1.21 bits per heavy atom. The normalized spacial score (nSPS) is 27.0. The number of allylic oxidation sites excluding steroid dienone is 5. The third kappa shape index (κ3) is 4.74. The van der Waals surface area contributed by atoms with Crippen molar-refractivity contribution in [1.29, 1.82) is 0 Å². The maximum Gasteiger partial charge on any atom is 0.0360 e. The smallest absolute Gasteiger partial charge is 0.0360 e. The fourth-order valence-electron chi connectivity index (χ4n) is 5.29. The molecule has 1 aromatic rings. The van der Waals surface area contributed by atoms with E-state index in [9.17, 15) is 0 Å². The fourth-order valence-corrected chi connectivity index (χ4v) is 5.29. The number of nitrogens with one attached hydrogen (secondary N) is 1. The molecule has 0 radical (unpaired) electrons. The van der Waals surface area contributed by atoms with E-state index in [1.165, 1.54) is 54.6 Å². The molecular formula is C27H38N2. The molecule has 0 unspecified atom stereocenters. The van der Waals surface area contributed by atoms with Crippen LogP contribution in [0.3, 0.4) is 0 Å². The molecule has 1 N–H and O–H groups in total. The van der Waals surface area contributed by atoms with E-state index < -0.39 is 0 Å². The number of fused-ring (bicyclic) bond motifs is 2. The van der Waals surface area contributed by atoms with Crippen LogP contribution in [0.5, 0.6) is 0 Å². The molecule has 0 heterocycles. The van der Waals surface area contributed by atoms with Crippen LogP contribution in [0.2, 0.25) is 0 Å². The quantitative estimate of drug-likeness (QED) is 0.343. The summed E-state index contributed by atoms with van der Waals surface area (Å²) in [6, 6.07) is 8.83. The molecule has 1 aromatic carbocycles. The fraction of sp³-hybridized carbons (Fsp3) is 0.519. The molecule has 0 spiro atoms. The molecule has 2 saturated carbocycles. The molecule has 156 valence electrons. The number of nitrogens with zero attached hydrogens (tertiary/aromatic N) is 1. The van der Waals surface area contributed by atoms with Crippen molar-refractivity contribution in [3.63, 3.8) is 0 Å². The van der Waals surface area contributed by atoms with Crippen molar-refractivity contribution in [2.24, 2.45) is 15.8 Å². The first-order chi connectivity index (χ1) is 14.0. The summed E-state index contributed by atoms with van der Waals surface area (Å²) in [5, 5.41) is 3.78. The second-order valence-electron chi connectivity index (χ2n) is 9.06. The molecule has 0 amide bonds. The zero-order valence-electron chi connectivity index (χ0n) is 18.9. The van der Waals surface area contributed by atoms with Crippen molar-refractivity contribution >= 4 is 17.0 Å². The topological polar surface area (TPSA) is 24.4 Å². The molecule has 29 heavy (non-hydrogen) atoms. The van der Waals surface area contributed by atoms with Crippen LogP contribution in [-0.2, 0) is 0 Å². The van der Waals surface area contributed by atoms with Crippen LogP contribution in [0.1, 0.15) is 71.8 Å². The molecule has 2 fully saturated rings. The van der Waals surface area contributed by atoms with Crippen molar-refractivity contribution in [2.45, 2.75) is 66.2 Å². The van der Waals surface area contributed by atoms with Gasteiger partial charge in [-0.15, -0.1) is 0 Å². The van der Waals surface area contributed by atoms with E-state index >= 15 is 0 Å². The standard InChI is InChI=1S/C27H38N2/c1-6-10-23(17-21(4)7-2)24-11-9-12-25(18-24)29-20-26-13-15-27(19-26,16-14-26)22(5)28-8-3/h6,9-12,17-18,29H,4,7-8,13-16,19-20H2,1-3,5H3/b10-6-,23-17+,28-22+. The van der Waals surface area contributed by atoms with E-state index in [2.05, 4.69) is 82.1 Å². The number of benzene rings is 1. The first-order valence-corrected chi connectivity index (χ1v) is 11.3. The predicted octanol–water partition coefficient (Wildman–Crippen LogP) is 7.46. The van der Waals surface area contributed by atoms with Crippen molar-refractivity contribution in [3.8, 4) is 0 Å². The summed E-state index contributed by atoms with van der Waals surface area (Å²) in [6.45, 7) is 14.8. The Balaban J connectivity index is 1.71. The van der Waals surface area contributed by atoms with Gasteiger partial charge in [0.25, 0.3) is 0 Å². The van der Waals surface area contributed by atoms with Crippen LogP contribution in [0, 0.1) is 10.8 Å². The Morgan fingerprint density at radius 3 is 2.62 bits per heavy atom. The average molecular weight is 391 g/mol. The minimum atomic E-state index is 0.391. The van der Waals surface area contributed by atoms with Gasteiger partial charge in [-0.1, -0.05) is 49.4 Å². The summed E-state index contributed by atoms with van der Waals surface area (Å²) < 4.78 is 0. The third-order valence-electron chi connectivity index (χ3n) is 7.17. The Bertz CT molecular complexity index is 817. The molecule has 0 aromatic heterocycles. The zero-order chi connectivity index (χ0) is 20.9. The highest BCUT2D eigenvalue weighted by atomic mass is 14.9. The van der Waals surface area contributed by atoms with Crippen molar-refractivity contribution in [2.75, 3.05) is 18.4 Å². The number of aliphatic imine (C=N–C) groups is 1. The van der Waals surface area contributed by atoms with Gasteiger partial charge in [-0.2, -0.15) is 0 Å². The minimum Gasteiger partial charge on any atom is -0.384 e. The number of rotatable bonds is 9. The molecule has 0 atom stereocenters. The Morgan fingerprint density at radius 2 is 1.97 bits per heavy atom. The Hall–Kier alpha value is -2.09. The van der Waals surface area contributed by atoms with Crippen molar-refractivity contribution < 1.29 is 0 Å². The maximum absolute atomic E-state index is 4.78. The van der Waals surface area contributed by atoms with Crippen LogP contribution < -0.4 is 5.32 Å². The van der Waals surface area contributed by atoms with Crippen molar-refractivity contribution in [3.05, 3.63) is 60.2 Å². The highest BCUT2D eigenvalue weighted by Gasteiger charge is 2.55. The molecule has 0 aliphatic heterocycles. The summed E-state index contributed by atoms with van der Waals surface area (Å²) in [6.07, 6.45) is 14.1. The lowest BCUT2D eigenvalue weighted by molar-refractivity contribution is 0.312. The molecular weight excluding hydrogens is 352 g/mol. The van der Waals surface area contributed by atoms with Gasteiger partial charge in [0.15, 0.2) is 0 Å². The largest absolute Gasteiger partial charge is 0.384 e. The average Bonchev–Trinajstić information content (AvgIpc) is 3.30. The second-order valence-corrected chi connectivity index (χ2v) is 9.06. The molecule has 3 rings (SSSR count). The van der Waals surface area contributed by atoms with Gasteiger partial charge in [-0.05, 0) is 88.0 Å². The van der Waals surface area contributed by atoms with Crippen LogP contribution in [0.4, 0.5) is 5.69 Å². The predicted molar refractivity (Wildman–Crippen MR) is 129 cm³/mol. The van der Waals surface area contributed by atoms with Gasteiger partial charge in [0, 0.05) is 29.9 Å². The highest BCUT2D eigenvalue weighted by Crippen LogP contribution is 2.62. The van der Waals surface area contributed by atoms with Crippen molar-refractivity contribution in [1.82, 2.24) is 0 Å². The van der Waals surface area contributed by atoms with E-state index in [1.54, 1.807) is 0 Å². The van der Waals surface area contributed by atoms with E-state index in [4.69, 9.17) is 4.99 Å². The molecule has 2 heteroatoms. The van der Waals surface area contributed by atoms with Gasteiger partial charge >= 0.3 is 0 Å². The van der Waals surface area contributed by atoms with E-state index in [1.807, 2.05) is 0 Å². The Labute approximate surface area is 177 Å². The SMILES string of the molecule is C=C(/C=C(\C=C/C)c1cccc(NCC23CCC(/C(C)=N/CC)(CC2)C3)c1)CC. The second kappa shape index (κ2) is 9.15. The third-order valence-corrected chi connectivity index (χ3v) is 7.17. The number of anilines is 1. The van der Waals surface area contributed by atoms with E-state index in [0.717, 1.165) is 25.1 Å². The lowest BCUT2D eigenvalue weighted by Gasteiger charge is -2.28. The first kappa shape index (κ1) is 21.6. The van der Waals surface area contributed by atoms with Crippen LogP contribution in [0.15, 0.2) is 59.6 Å². The lowest BCUT2D eigenvalue weighted by Crippen LogP contribution is -2.24. The maximum atomic E-state index is 4.78. The van der Waals surface area contributed by atoms with Crippen LogP contribution >= 0.6 is 0 Å². The summed E-state index contributed by atoms with van der Waals surface area (Å²) >= 11 is 0. The summed E-state index contributed by atoms with van der Waals surface area (Å²) in [4.78, 5) is 4.78. The van der Waals surface area contributed by atoms with Gasteiger partial charge < -0.3 is 5.32 Å². The van der Waals surface area contributed by atoms with Crippen LogP contribution in [0.25, 0.3) is 5.57 Å². The lowest BCUT2D eigenvalue weighted by atomic mass is 9.79. The Kier molecular flexibility index (Phi) is 6.82. The van der Waals surface area contributed by atoms with Crippen LogP contribution in [-0.4, -0.2) is 18.8 Å². The number of hydrogen-bond donors (Lipinski definition) is 1. The zero-order valence-corrected chi connectivity index (χ0v) is 18.9. The highest BCUT2D eigenvalue weighted by molar-refractivity contribution is 5.89. The van der Waals surface area contributed by atoms with Gasteiger partial charge in [-0.3, -0.25) is 4.99 Å². The summed E-state index contributed by atoms with van der Waals surface area (Å²) in [5.41, 5.74) is 7.09. The molecule has 2 nitrogen and oxygen atoms in total. The molecule has 2 bridgehead atoms. The number of hydrogen-bond acceptors (Lipinski definition) is 2. The molecule has 2 aliphatic rings. The van der Waals surface area contributed by atoms with Gasteiger partial charge in [0.05, 0.1) is 0 Å². The van der Waals surface area contributed by atoms with Gasteiger partial charge in [-0.25, -0.2) is 0 Å². The molecule has 0 saturated heterocycles. The van der Waals surface area contributed by atoms with E-state index in [-0.39, 0.29) is 0 Å². The van der Waals surface area contributed by atoms with E-state index in [0.29, 0.717) is 10.8 Å². The van der Waals surface area contributed by atoms with Gasteiger partial charge in [0.1, 0.15) is 0 Å². The van der Waals surface area contributed by atoms with Gasteiger partial charge in [0.2, 0.25) is 0 Å². The summed E-state index contributed by atoms with van der Waals surface area (Å²) in [7, 11) is 0. The minimum absolute atomic E-state index is 0.391.